The minimum absolute atomic E-state index is 0.0851. The number of carbonyl (C=O) groups is 1. The first kappa shape index (κ1) is 12.2. The smallest absolute Gasteiger partial charge is 0.307 e. The summed E-state index contributed by atoms with van der Waals surface area (Å²) in [6.07, 6.45) is 3.60. The minimum Gasteiger partial charge on any atom is -0.481 e. The number of para-hydroxylation sites is 1. The summed E-state index contributed by atoms with van der Waals surface area (Å²) >= 11 is 0. The molecule has 1 saturated carbocycles. The number of fused-ring (bicyclic) bond motifs is 1. The van der Waals surface area contributed by atoms with Gasteiger partial charge in [0.2, 0.25) is 0 Å². The van der Waals surface area contributed by atoms with Crippen molar-refractivity contribution in [2.75, 3.05) is 0 Å². The highest BCUT2D eigenvalue weighted by atomic mass is 16.4. The lowest BCUT2D eigenvalue weighted by Crippen LogP contribution is -2.25. The van der Waals surface area contributed by atoms with Crippen molar-refractivity contribution in [3.05, 3.63) is 29.7 Å². The monoisotopic (exact) mass is 259 g/mol. The molecule has 1 aliphatic rings. The van der Waals surface area contributed by atoms with E-state index in [0.29, 0.717) is 5.89 Å². The predicted octanol–water partition coefficient (Wildman–Crippen LogP) is 3.49. The summed E-state index contributed by atoms with van der Waals surface area (Å²) in [5, 5.41) is 9.33. The van der Waals surface area contributed by atoms with Crippen LogP contribution in [0.15, 0.2) is 22.6 Å². The number of carboxylic acids is 1. The molecular formula is C15H17NO3. The first-order chi connectivity index (χ1) is 9.16. The van der Waals surface area contributed by atoms with Crippen LogP contribution in [-0.4, -0.2) is 16.1 Å². The van der Waals surface area contributed by atoms with Crippen LogP contribution in [0.1, 0.15) is 43.1 Å². The second-order valence-electron chi connectivity index (χ2n) is 5.31. The summed E-state index contributed by atoms with van der Waals surface area (Å²) in [6.45, 7) is 1.98. The molecular weight excluding hydrogens is 242 g/mol. The third-order valence-electron chi connectivity index (χ3n) is 4.03. The first-order valence-corrected chi connectivity index (χ1v) is 6.75. The summed E-state index contributed by atoms with van der Waals surface area (Å²) in [4.78, 5) is 15.9. The third-order valence-corrected chi connectivity index (χ3v) is 4.03. The van der Waals surface area contributed by atoms with E-state index in [-0.39, 0.29) is 11.8 Å². The van der Waals surface area contributed by atoms with Crippen molar-refractivity contribution in [2.45, 2.75) is 38.5 Å². The van der Waals surface area contributed by atoms with Gasteiger partial charge in [0.25, 0.3) is 0 Å². The highest BCUT2D eigenvalue weighted by Crippen LogP contribution is 2.38. The highest BCUT2D eigenvalue weighted by molar-refractivity contribution is 5.76. The fraction of sp³-hybridized carbons (Fsp3) is 0.467. The summed E-state index contributed by atoms with van der Waals surface area (Å²) in [5.74, 6) is -0.583. The Hall–Kier alpha value is -1.84. The normalized spacial score (nSPS) is 23.6. The molecule has 0 aliphatic heterocycles. The third kappa shape index (κ3) is 2.11. The van der Waals surface area contributed by atoms with Gasteiger partial charge in [-0.3, -0.25) is 4.79 Å². The van der Waals surface area contributed by atoms with Crippen LogP contribution in [0.3, 0.4) is 0 Å². The quantitative estimate of drug-likeness (QED) is 0.896. The molecule has 4 heteroatoms. The van der Waals surface area contributed by atoms with E-state index in [0.717, 1.165) is 42.3 Å². The molecule has 1 heterocycles. The second-order valence-corrected chi connectivity index (χ2v) is 5.31. The number of carboxylic acid groups (broad SMARTS) is 1. The Labute approximate surface area is 111 Å². The van der Waals surface area contributed by atoms with Gasteiger partial charge in [-0.25, -0.2) is 4.98 Å². The van der Waals surface area contributed by atoms with Gasteiger partial charge in [-0.2, -0.15) is 0 Å². The molecule has 0 saturated heterocycles. The zero-order chi connectivity index (χ0) is 13.4. The Morgan fingerprint density at radius 2 is 2.16 bits per heavy atom. The van der Waals surface area contributed by atoms with Gasteiger partial charge in [0.1, 0.15) is 5.52 Å². The maximum absolute atomic E-state index is 11.4. The predicted molar refractivity (Wildman–Crippen MR) is 71.1 cm³/mol. The maximum Gasteiger partial charge on any atom is 0.307 e. The molecule has 4 nitrogen and oxygen atoms in total. The van der Waals surface area contributed by atoms with Gasteiger partial charge in [-0.1, -0.05) is 25.0 Å². The van der Waals surface area contributed by atoms with Crippen molar-refractivity contribution in [1.29, 1.82) is 0 Å². The van der Waals surface area contributed by atoms with Crippen LogP contribution in [0.2, 0.25) is 0 Å². The average molecular weight is 259 g/mol. The molecule has 1 fully saturated rings. The fourth-order valence-corrected chi connectivity index (χ4v) is 2.98. The molecule has 1 N–H and O–H groups in total. The summed E-state index contributed by atoms with van der Waals surface area (Å²) in [7, 11) is 0. The molecule has 2 atom stereocenters. The zero-order valence-corrected chi connectivity index (χ0v) is 10.9. The zero-order valence-electron chi connectivity index (χ0n) is 10.9. The van der Waals surface area contributed by atoms with Crippen LogP contribution in [0, 0.1) is 12.8 Å². The van der Waals surface area contributed by atoms with Gasteiger partial charge in [-0.05, 0) is 31.4 Å². The largest absolute Gasteiger partial charge is 0.481 e. The SMILES string of the molecule is Cc1cccc2nc(C3CCCCC3C(=O)O)oc12. The topological polar surface area (TPSA) is 63.3 Å². The molecule has 1 aromatic heterocycles. The van der Waals surface area contributed by atoms with E-state index in [9.17, 15) is 9.90 Å². The number of aryl methyl sites for hydroxylation is 1. The second kappa shape index (κ2) is 4.68. The van der Waals surface area contributed by atoms with Crippen LogP contribution in [0.4, 0.5) is 0 Å². The van der Waals surface area contributed by atoms with Crippen molar-refractivity contribution < 1.29 is 14.3 Å². The summed E-state index contributed by atoms with van der Waals surface area (Å²) in [6, 6.07) is 5.83. The Morgan fingerprint density at radius 3 is 2.89 bits per heavy atom. The van der Waals surface area contributed by atoms with Crippen LogP contribution in [-0.2, 0) is 4.79 Å². The van der Waals surface area contributed by atoms with E-state index in [1.807, 2.05) is 25.1 Å². The van der Waals surface area contributed by atoms with Gasteiger partial charge < -0.3 is 9.52 Å². The first-order valence-electron chi connectivity index (χ1n) is 6.75. The van der Waals surface area contributed by atoms with E-state index in [1.54, 1.807) is 0 Å². The maximum atomic E-state index is 11.4. The average Bonchev–Trinajstić information content (AvgIpc) is 2.84. The Morgan fingerprint density at radius 1 is 1.37 bits per heavy atom. The van der Waals surface area contributed by atoms with E-state index >= 15 is 0 Å². The lowest BCUT2D eigenvalue weighted by atomic mass is 9.79. The van der Waals surface area contributed by atoms with Crippen molar-refractivity contribution in [3.8, 4) is 0 Å². The number of nitrogens with zero attached hydrogens (tertiary/aromatic N) is 1. The van der Waals surface area contributed by atoms with Crippen molar-refractivity contribution >= 4 is 17.1 Å². The Bertz CT molecular complexity index is 617. The molecule has 19 heavy (non-hydrogen) atoms. The van der Waals surface area contributed by atoms with Gasteiger partial charge in [0.05, 0.1) is 5.92 Å². The number of hydrogen-bond acceptors (Lipinski definition) is 3. The van der Waals surface area contributed by atoms with Crippen LogP contribution >= 0.6 is 0 Å². The highest BCUT2D eigenvalue weighted by Gasteiger charge is 2.35. The number of aromatic nitrogens is 1. The van der Waals surface area contributed by atoms with Gasteiger partial charge in [0, 0.05) is 5.92 Å². The van der Waals surface area contributed by atoms with Crippen molar-refractivity contribution in [2.24, 2.45) is 5.92 Å². The fourth-order valence-electron chi connectivity index (χ4n) is 2.98. The van der Waals surface area contributed by atoms with E-state index < -0.39 is 5.97 Å². The van der Waals surface area contributed by atoms with E-state index in [1.165, 1.54) is 0 Å². The molecule has 100 valence electrons. The molecule has 0 amide bonds. The molecule has 1 aromatic carbocycles. The lowest BCUT2D eigenvalue weighted by molar-refractivity contribution is -0.143. The minimum atomic E-state index is -0.733. The van der Waals surface area contributed by atoms with Crippen molar-refractivity contribution in [3.63, 3.8) is 0 Å². The molecule has 0 bridgehead atoms. The Balaban J connectivity index is 2.02. The molecule has 1 aliphatic carbocycles. The van der Waals surface area contributed by atoms with Gasteiger partial charge in [0.15, 0.2) is 11.5 Å². The number of aliphatic carboxylic acids is 1. The van der Waals surface area contributed by atoms with Crippen LogP contribution in [0.25, 0.3) is 11.1 Å². The van der Waals surface area contributed by atoms with Crippen LogP contribution < -0.4 is 0 Å². The van der Waals surface area contributed by atoms with Gasteiger partial charge >= 0.3 is 5.97 Å². The lowest BCUT2D eigenvalue weighted by Gasteiger charge is -2.25. The van der Waals surface area contributed by atoms with Crippen molar-refractivity contribution in [1.82, 2.24) is 4.98 Å². The molecule has 0 radical (unpaired) electrons. The number of hydrogen-bond donors (Lipinski definition) is 1. The molecule has 0 spiro atoms. The number of rotatable bonds is 2. The van der Waals surface area contributed by atoms with E-state index in [2.05, 4.69) is 4.98 Å². The number of benzene rings is 1. The number of oxazole rings is 1. The molecule has 2 unspecified atom stereocenters. The summed E-state index contributed by atoms with van der Waals surface area (Å²) in [5.41, 5.74) is 2.65. The van der Waals surface area contributed by atoms with Gasteiger partial charge in [-0.15, -0.1) is 0 Å². The molecule has 3 rings (SSSR count). The summed E-state index contributed by atoms with van der Waals surface area (Å²) < 4.78 is 5.84. The Kier molecular flexibility index (Phi) is 3.01. The van der Waals surface area contributed by atoms with E-state index in [4.69, 9.17) is 4.42 Å². The van der Waals surface area contributed by atoms with Crippen LogP contribution in [0.5, 0.6) is 0 Å². The molecule has 2 aromatic rings. The standard InChI is InChI=1S/C15H17NO3/c1-9-5-4-8-12-13(9)19-14(16-12)10-6-2-3-7-11(10)15(17)18/h4-5,8,10-11H,2-3,6-7H2,1H3,(H,17,18).